The smallest absolute Gasteiger partial charge is 0.0992 e. The predicted octanol–water partition coefficient (Wildman–Crippen LogP) is 5.17. The number of halogens is 2. The molecule has 2 nitrogen and oxygen atoms in total. The largest absolute Gasteiger partial charge is 0.367 e. The fourth-order valence-corrected chi connectivity index (χ4v) is 2.92. The molecule has 0 saturated heterocycles. The van der Waals surface area contributed by atoms with Gasteiger partial charge >= 0.3 is 0 Å². The van der Waals surface area contributed by atoms with Gasteiger partial charge in [0.05, 0.1) is 23.4 Å². The summed E-state index contributed by atoms with van der Waals surface area (Å²) < 4.78 is 0.910. The first-order chi connectivity index (χ1) is 9.52. The first kappa shape index (κ1) is 14.9. The Bertz CT molecular complexity index is 664. The van der Waals surface area contributed by atoms with Gasteiger partial charge in [0.1, 0.15) is 0 Å². The Kier molecular flexibility index (Phi) is 4.69. The van der Waals surface area contributed by atoms with Crippen molar-refractivity contribution in [1.29, 1.82) is 5.26 Å². The molecule has 0 amide bonds. The van der Waals surface area contributed by atoms with E-state index in [-0.39, 0.29) is 6.04 Å². The van der Waals surface area contributed by atoms with Crippen molar-refractivity contribution in [3.63, 3.8) is 0 Å². The molecule has 0 aromatic heterocycles. The summed E-state index contributed by atoms with van der Waals surface area (Å²) in [5, 5.41) is 9.65. The maximum Gasteiger partial charge on any atom is 0.0992 e. The van der Waals surface area contributed by atoms with Crippen LogP contribution in [-0.4, -0.2) is 7.05 Å². The van der Waals surface area contributed by atoms with E-state index in [1.165, 1.54) is 0 Å². The third kappa shape index (κ3) is 3.15. The molecule has 0 radical (unpaired) electrons. The van der Waals surface area contributed by atoms with E-state index < -0.39 is 0 Å². The van der Waals surface area contributed by atoms with E-state index in [0.29, 0.717) is 5.56 Å². The van der Waals surface area contributed by atoms with Crippen LogP contribution in [0.25, 0.3) is 0 Å². The molecule has 4 heteroatoms. The Morgan fingerprint density at radius 1 is 1.25 bits per heavy atom. The fraction of sp³-hybridized carbons (Fsp3) is 0.188. The molecule has 0 heterocycles. The SMILES string of the molecule is CC(c1cccc(Cl)c1)N(C)c1ccc(C#N)cc1Br. The van der Waals surface area contributed by atoms with Gasteiger partial charge in [0.25, 0.3) is 0 Å². The molecule has 0 aliphatic carbocycles. The molecule has 0 aliphatic heterocycles. The zero-order chi connectivity index (χ0) is 14.7. The van der Waals surface area contributed by atoms with Crippen LogP contribution >= 0.6 is 27.5 Å². The van der Waals surface area contributed by atoms with E-state index in [0.717, 1.165) is 20.7 Å². The van der Waals surface area contributed by atoms with Crippen LogP contribution in [0.5, 0.6) is 0 Å². The highest BCUT2D eigenvalue weighted by atomic mass is 79.9. The topological polar surface area (TPSA) is 27.0 Å². The van der Waals surface area contributed by atoms with Crippen LogP contribution in [0.4, 0.5) is 5.69 Å². The number of nitriles is 1. The highest BCUT2D eigenvalue weighted by Gasteiger charge is 2.15. The highest BCUT2D eigenvalue weighted by Crippen LogP contribution is 2.32. The number of nitrogens with zero attached hydrogens (tertiary/aromatic N) is 2. The third-order valence-corrected chi connectivity index (χ3v) is 4.24. The minimum atomic E-state index is 0.179. The monoisotopic (exact) mass is 348 g/mol. The van der Waals surface area contributed by atoms with Crippen molar-refractivity contribution in [2.24, 2.45) is 0 Å². The van der Waals surface area contributed by atoms with Gasteiger partial charge in [0.2, 0.25) is 0 Å². The number of rotatable bonds is 3. The van der Waals surface area contributed by atoms with Gasteiger partial charge in [-0.05, 0) is 58.7 Å². The van der Waals surface area contributed by atoms with Crippen molar-refractivity contribution in [3.8, 4) is 6.07 Å². The first-order valence-electron chi connectivity index (χ1n) is 6.21. The van der Waals surface area contributed by atoms with Crippen LogP contribution in [0.15, 0.2) is 46.9 Å². The van der Waals surface area contributed by atoms with Gasteiger partial charge in [-0.15, -0.1) is 0 Å². The van der Waals surface area contributed by atoms with Crippen LogP contribution in [0.2, 0.25) is 5.02 Å². The lowest BCUT2D eigenvalue weighted by molar-refractivity contribution is 0.738. The van der Waals surface area contributed by atoms with E-state index in [1.807, 2.05) is 43.4 Å². The van der Waals surface area contributed by atoms with Gasteiger partial charge in [-0.1, -0.05) is 23.7 Å². The summed E-state index contributed by atoms with van der Waals surface area (Å²) in [6.45, 7) is 2.12. The Morgan fingerprint density at radius 3 is 2.60 bits per heavy atom. The fourth-order valence-electron chi connectivity index (χ4n) is 2.06. The number of benzene rings is 2. The molecule has 1 unspecified atom stereocenters. The van der Waals surface area contributed by atoms with E-state index >= 15 is 0 Å². The normalized spacial score (nSPS) is 11.8. The molecule has 102 valence electrons. The Morgan fingerprint density at radius 2 is 2.00 bits per heavy atom. The summed E-state index contributed by atoms with van der Waals surface area (Å²) in [6.07, 6.45) is 0. The molecule has 0 N–H and O–H groups in total. The summed E-state index contributed by atoms with van der Waals surface area (Å²) >= 11 is 9.57. The minimum Gasteiger partial charge on any atom is -0.367 e. The van der Waals surface area contributed by atoms with Gasteiger partial charge in [-0.2, -0.15) is 5.26 Å². The molecule has 0 saturated carbocycles. The van der Waals surface area contributed by atoms with Crippen molar-refractivity contribution in [2.45, 2.75) is 13.0 Å². The van der Waals surface area contributed by atoms with Crippen LogP contribution in [0.3, 0.4) is 0 Å². The average molecular weight is 350 g/mol. The summed E-state index contributed by atoms with van der Waals surface area (Å²) in [4.78, 5) is 2.15. The highest BCUT2D eigenvalue weighted by molar-refractivity contribution is 9.10. The summed E-state index contributed by atoms with van der Waals surface area (Å²) in [7, 11) is 2.03. The summed E-state index contributed by atoms with van der Waals surface area (Å²) in [6, 6.07) is 15.8. The zero-order valence-corrected chi connectivity index (χ0v) is 13.6. The number of anilines is 1. The molecule has 2 aromatic carbocycles. The lowest BCUT2D eigenvalue weighted by atomic mass is 10.1. The van der Waals surface area contributed by atoms with Gasteiger partial charge in [0.15, 0.2) is 0 Å². The van der Waals surface area contributed by atoms with E-state index in [4.69, 9.17) is 16.9 Å². The molecular weight excluding hydrogens is 336 g/mol. The van der Waals surface area contributed by atoms with Crippen molar-refractivity contribution in [3.05, 3.63) is 63.1 Å². The Labute approximate surface area is 132 Å². The minimum absolute atomic E-state index is 0.179. The molecule has 0 fully saturated rings. The second-order valence-corrected chi connectivity index (χ2v) is 5.91. The Balaban J connectivity index is 2.31. The van der Waals surface area contributed by atoms with Crippen molar-refractivity contribution >= 4 is 33.2 Å². The maximum absolute atomic E-state index is 8.91. The zero-order valence-electron chi connectivity index (χ0n) is 11.3. The van der Waals surface area contributed by atoms with E-state index in [1.54, 1.807) is 0 Å². The van der Waals surface area contributed by atoms with Crippen molar-refractivity contribution in [1.82, 2.24) is 0 Å². The molecule has 0 aliphatic rings. The molecule has 20 heavy (non-hydrogen) atoms. The van der Waals surface area contributed by atoms with Gasteiger partial charge in [-0.25, -0.2) is 0 Å². The van der Waals surface area contributed by atoms with E-state index in [2.05, 4.69) is 39.9 Å². The summed E-state index contributed by atoms with van der Waals surface area (Å²) in [5.74, 6) is 0. The quantitative estimate of drug-likeness (QED) is 0.764. The standard InChI is InChI=1S/C16H14BrClN2/c1-11(13-4-3-5-14(18)9-13)20(2)16-7-6-12(10-19)8-15(16)17/h3-9,11H,1-2H3. The lowest BCUT2D eigenvalue weighted by Gasteiger charge is -2.28. The lowest BCUT2D eigenvalue weighted by Crippen LogP contribution is -2.22. The second-order valence-electron chi connectivity index (χ2n) is 4.62. The first-order valence-corrected chi connectivity index (χ1v) is 7.38. The third-order valence-electron chi connectivity index (χ3n) is 3.37. The molecule has 2 rings (SSSR count). The number of hydrogen-bond acceptors (Lipinski definition) is 2. The Hall–Kier alpha value is -1.50. The van der Waals surface area contributed by atoms with Gasteiger partial charge < -0.3 is 4.90 Å². The molecule has 2 aromatic rings. The molecule has 1 atom stereocenters. The number of hydrogen-bond donors (Lipinski definition) is 0. The van der Waals surface area contributed by atoms with Crippen LogP contribution < -0.4 is 4.90 Å². The van der Waals surface area contributed by atoms with Crippen LogP contribution in [0, 0.1) is 11.3 Å². The van der Waals surface area contributed by atoms with Crippen molar-refractivity contribution < 1.29 is 0 Å². The van der Waals surface area contributed by atoms with Gasteiger partial charge in [-0.3, -0.25) is 0 Å². The second kappa shape index (κ2) is 6.30. The molecular formula is C16H14BrClN2. The van der Waals surface area contributed by atoms with E-state index in [9.17, 15) is 0 Å². The van der Waals surface area contributed by atoms with Crippen LogP contribution in [0.1, 0.15) is 24.1 Å². The predicted molar refractivity (Wildman–Crippen MR) is 87.1 cm³/mol. The maximum atomic E-state index is 8.91. The van der Waals surface area contributed by atoms with Gasteiger partial charge in [0, 0.05) is 16.5 Å². The average Bonchev–Trinajstić information content (AvgIpc) is 2.45. The van der Waals surface area contributed by atoms with Crippen LogP contribution in [-0.2, 0) is 0 Å². The summed E-state index contributed by atoms with van der Waals surface area (Å²) in [5.41, 5.74) is 2.83. The van der Waals surface area contributed by atoms with Crippen molar-refractivity contribution in [2.75, 3.05) is 11.9 Å². The molecule has 0 spiro atoms. The molecule has 0 bridgehead atoms.